The maximum absolute atomic E-state index is 12.2. The van der Waals surface area contributed by atoms with E-state index in [9.17, 15) is 14.7 Å². The number of carbonyl (C=O) groups excluding carboxylic acids is 2. The minimum Gasteiger partial charge on any atom is -0.544 e. The molecule has 0 saturated heterocycles. The van der Waals surface area contributed by atoms with Crippen LogP contribution in [0, 0.1) is 0 Å². The van der Waals surface area contributed by atoms with E-state index in [1.165, 1.54) is 0 Å². The van der Waals surface area contributed by atoms with Gasteiger partial charge in [-0.2, -0.15) is 0 Å². The third-order valence-corrected chi connectivity index (χ3v) is 4.02. The summed E-state index contributed by atoms with van der Waals surface area (Å²) in [4.78, 5) is 23.5. The molecule has 1 rings (SSSR count). The summed E-state index contributed by atoms with van der Waals surface area (Å²) in [6.45, 7) is 6.89. The van der Waals surface area contributed by atoms with Crippen molar-refractivity contribution >= 4 is 40.6 Å². The van der Waals surface area contributed by atoms with E-state index in [0.29, 0.717) is 29.6 Å². The number of nitrogens with one attached hydrogen (secondary N) is 3. The molecule has 1 atom stereocenters. The van der Waals surface area contributed by atoms with Crippen molar-refractivity contribution in [3.8, 4) is 0 Å². The molecule has 1 amide bonds. The van der Waals surface area contributed by atoms with Crippen LogP contribution in [-0.4, -0.2) is 36.1 Å². The van der Waals surface area contributed by atoms with Gasteiger partial charge in [0, 0.05) is 17.9 Å². The van der Waals surface area contributed by atoms with Crippen molar-refractivity contribution in [1.29, 1.82) is 0 Å². The van der Waals surface area contributed by atoms with Gasteiger partial charge < -0.3 is 31.2 Å². The molecule has 0 fully saturated rings. The van der Waals surface area contributed by atoms with Crippen molar-refractivity contribution in [2.75, 3.05) is 23.7 Å². The molecule has 0 saturated carbocycles. The number of quaternary nitrogens is 1. The number of unbranched alkanes of at least 4 members (excludes halogenated alkanes) is 2. The summed E-state index contributed by atoms with van der Waals surface area (Å²) in [5, 5.41) is 22.0. The molecule has 0 radical (unpaired) electrons. The van der Waals surface area contributed by atoms with Gasteiger partial charge in [0.05, 0.1) is 18.9 Å². The van der Waals surface area contributed by atoms with E-state index in [-0.39, 0.29) is 12.3 Å². The number of carbonyl (C=O) groups is 2. The largest absolute Gasteiger partial charge is 0.544 e. The minimum absolute atomic E-state index is 0.147. The lowest BCUT2D eigenvalue weighted by molar-refractivity contribution is -0.682. The number of aliphatic carboxylic acids is 1. The van der Waals surface area contributed by atoms with E-state index < -0.39 is 12.0 Å². The van der Waals surface area contributed by atoms with E-state index in [1.807, 2.05) is 6.07 Å². The average Bonchev–Trinajstić information content (AvgIpc) is 2.62. The Labute approximate surface area is 165 Å². The number of amides is 1. The molecule has 148 valence electrons. The monoisotopic (exact) mass is 392 g/mol. The summed E-state index contributed by atoms with van der Waals surface area (Å²) in [6, 6.07) is 6.13. The quantitative estimate of drug-likeness (QED) is 0.232. The molecular weight excluding hydrogens is 364 g/mol. The molecule has 8 heteroatoms. The summed E-state index contributed by atoms with van der Waals surface area (Å²) in [5.41, 5.74) is 1.26. The molecule has 1 aromatic rings. The zero-order valence-corrected chi connectivity index (χ0v) is 16.4. The highest BCUT2D eigenvalue weighted by atomic mass is 32.1. The van der Waals surface area contributed by atoms with Gasteiger partial charge in [0.2, 0.25) is 5.91 Å². The van der Waals surface area contributed by atoms with Crippen LogP contribution in [0.2, 0.25) is 0 Å². The maximum Gasteiger partial charge on any atom is 0.230 e. The van der Waals surface area contributed by atoms with Gasteiger partial charge in [-0.3, -0.25) is 4.79 Å². The Morgan fingerprint density at radius 3 is 2.63 bits per heavy atom. The molecule has 0 heterocycles. The summed E-state index contributed by atoms with van der Waals surface area (Å²) in [7, 11) is 0. The normalized spacial score (nSPS) is 11.3. The Hall–Kier alpha value is -2.45. The molecule has 1 aromatic carbocycles. The summed E-state index contributed by atoms with van der Waals surface area (Å²) in [6.07, 6.45) is 4.55. The molecule has 7 nitrogen and oxygen atoms in total. The van der Waals surface area contributed by atoms with Crippen LogP contribution >= 0.6 is 12.2 Å². The van der Waals surface area contributed by atoms with Crippen LogP contribution in [0.15, 0.2) is 36.9 Å². The molecule has 0 spiro atoms. The number of nitrogens with two attached hydrogens (primary N) is 1. The SMILES string of the molecule is C=CCNC(=S)Nc1cccc(NC(=O)C[C@@H]([NH2+]CCCCC)C(=O)[O-])c1. The van der Waals surface area contributed by atoms with Crippen LogP contribution in [0.1, 0.15) is 32.6 Å². The molecule has 5 N–H and O–H groups in total. The Bertz CT molecular complexity index is 652. The Morgan fingerprint density at radius 1 is 1.30 bits per heavy atom. The molecule has 0 unspecified atom stereocenters. The van der Waals surface area contributed by atoms with Crippen LogP contribution in [0.4, 0.5) is 11.4 Å². The van der Waals surface area contributed by atoms with E-state index in [1.54, 1.807) is 29.6 Å². The van der Waals surface area contributed by atoms with Crippen LogP contribution in [-0.2, 0) is 9.59 Å². The van der Waals surface area contributed by atoms with Crippen molar-refractivity contribution in [2.45, 2.75) is 38.6 Å². The lowest BCUT2D eigenvalue weighted by Gasteiger charge is -2.16. The van der Waals surface area contributed by atoms with E-state index in [0.717, 1.165) is 19.3 Å². The predicted molar refractivity (Wildman–Crippen MR) is 109 cm³/mol. The molecular formula is C19H28N4O3S. The third-order valence-electron chi connectivity index (χ3n) is 3.78. The van der Waals surface area contributed by atoms with Crippen molar-refractivity contribution in [2.24, 2.45) is 0 Å². The van der Waals surface area contributed by atoms with Gasteiger partial charge in [-0.1, -0.05) is 25.5 Å². The van der Waals surface area contributed by atoms with Crippen LogP contribution in [0.25, 0.3) is 0 Å². The Kier molecular flexibility index (Phi) is 10.7. The third kappa shape index (κ3) is 9.72. The van der Waals surface area contributed by atoms with Gasteiger partial charge in [-0.05, 0) is 43.3 Å². The van der Waals surface area contributed by atoms with Gasteiger partial charge in [0.25, 0.3) is 0 Å². The topological polar surface area (TPSA) is 110 Å². The number of rotatable bonds is 12. The molecule has 0 aliphatic heterocycles. The smallest absolute Gasteiger partial charge is 0.230 e. The highest BCUT2D eigenvalue weighted by Crippen LogP contribution is 2.15. The highest BCUT2D eigenvalue weighted by Gasteiger charge is 2.18. The number of carboxylic acids is 1. The summed E-state index contributed by atoms with van der Waals surface area (Å²) in [5.74, 6) is -1.60. The number of thiocarbonyl (C=S) groups is 1. The lowest BCUT2D eigenvalue weighted by Crippen LogP contribution is -2.93. The fraction of sp³-hybridized carbons (Fsp3) is 0.421. The van der Waals surface area contributed by atoms with Crippen molar-refractivity contribution in [1.82, 2.24) is 5.32 Å². The Morgan fingerprint density at radius 2 is 2.00 bits per heavy atom. The van der Waals surface area contributed by atoms with Gasteiger partial charge in [0.15, 0.2) is 5.11 Å². The minimum atomic E-state index is -1.23. The zero-order chi connectivity index (χ0) is 20.1. The molecule has 0 aliphatic carbocycles. The summed E-state index contributed by atoms with van der Waals surface area (Å²) >= 11 is 5.14. The lowest BCUT2D eigenvalue weighted by atomic mass is 10.1. The van der Waals surface area contributed by atoms with Crippen molar-refractivity contribution in [3.05, 3.63) is 36.9 Å². The first kappa shape index (κ1) is 22.6. The van der Waals surface area contributed by atoms with Gasteiger partial charge in [-0.25, -0.2) is 0 Å². The first-order valence-corrected chi connectivity index (χ1v) is 9.47. The van der Waals surface area contributed by atoms with Crippen molar-refractivity contribution in [3.63, 3.8) is 0 Å². The molecule has 27 heavy (non-hydrogen) atoms. The van der Waals surface area contributed by atoms with Crippen LogP contribution in [0.3, 0.4) is 0 Å². The fourth-order valence-electron chi connectivity index (χ4n) is 2.40. The number of hydrogen-bond donors (Lipinski definition) is 4. The molecule has 0 aliphatic rings. The number of anilines is 2. The maximum atomic E-state index is 12.2. The fourth-order valence-corrected chi connectivity index (χ4v) is 2.60. The zero-order valence-electron chi connectivity index (χ0n) is 15.6. The molecule has 0 aromatic heterocycles. The summed E-state index contributed by atoms with van der Waals surface area (Å²) < 4.78 is 0. The number of benzene rings is 1. The number of hydrogen-bond acceptors (Lipinski definition) is 4. The second-order valence-corrected chi connectivity index (χ2v) is 6.52. The van der Waals surface area contributed by atoms with Crippen LogP contribution < -0.4 is 26.4 Å². The second-order valence-electron chi connectivity index (χ2n) is 6.11. The van der Waals surface area contributed by atoms with Crippen LogP contribution in [0.5, 0.6) is 0 Å². The first-order valence-electron chi connectivity index (χ1n) is 9.06. The first-order chi connectivity index (χ1) is 13.0. The number of carboxylic acid groups (broad SMARTS) is 1. The van der Waals surface area contributed by atoms with Gasteiger partial charge >= 0.3 is 0 Å². The van der Waals surface area contributed by atoms with E-state index in [4.69, 9.17) is 12.2 Å². The average molecular weight is 393 g/mol. The van der Waals surface area contributed by atoms with Crippen molar-refractivity contribution < 1.29 is 20.0 Å². The second kappa shape index (κ2) is 12.8. The van der Waals surface area contributed by atoms with E-state index >= 15 is 0 Å². The van der Waals surface area contributed by atoms with Gasteiger partial charge in [0.1, 0.15) is 6.04 Å². The predicted octanol–water partition coefficient (Wildman–Crippen LogP) is 0.360. The highest BCUT2D eigenvalue weighted by molar-refractivity contribution is 7.80. The Balaban J connectivity index is 2.56. The standard InChI is InChI=1S/C19H28N4O3S/c1-3-5-6-11-20-16(18(25)26)13-17(24)22-14-8-7-9-15(12-14)23-19(27)21-10-4-2/h4,7-9,12,16,20H,2-3,5-6,10-11,13H2,1H3,(H,22,24)(H,25,26)(H2,21,23,27)/t16-/m1/s1. The van der Waals surface area contributed by atoms with E-state index in [2.05, 4.69) is 29.5 Å². The molecule has 0 bridgehead atoms. The van der Waals surface area contributed by atoms with Gasteiger partial charge in [-0.15, -0.1) is 6.58 Å².